The van der Waals surface area contributed by atoms with Crippen LogP contribution in [0.5, 0.6) is 0 Å². The van der Waals surface area contributed by atoms with Crippen molar-refractivity contribution < 1.29 is 0 Å². The molecule has 0 bridgehead atoms. The minimum atomic E-state index is 1.17. The average molecular weight is 190 g/mol. The molecule has 14 heavy (non-hydrogen) atoms. The molecule has 0 heteroatoms. The van der Waals surface area contributed by atoms with Gasteiger partial charge in [0.05, 0.1) is 0 Å². The van der Waals surface area contributed by atoms with Gasteiger partial charge in [-0.25, -0.2) is 0 Å². The van der Waals surface area contributed by atoms with Crippen molar-refractivity contribution in [3.63, 3.8) is 0 Å². The molecule has 78 valence electrons. The number of hydrogen-bond acceptors (Lipinski definition) is 0. The van der Waals surface area contributed by atoms with Gasteiger partial charge in [-0.1, -0.05) is 45.4 Å². The molecule has 0 heterocycles. The van der Waals surface area contributed by atoms with Crippen LogP contribution < -0.4 is 0 Å². The molecule has 0 amide bonds. The Labute approximate surface area is 88.4 Å². The van der Waals surface area contributed by atoms with Crippen molar-refractivity contribution in [2.75, 3.05) is 0 Å². The Morgan fingerprint density at radius 1 is 0.929 bits per heavy atom. The molecule has 0 aliphatic carbocycles. The highest BCUT2D eigenvalue weighted by Crippen LogP contribution is 2.18. The van der Waals surface area contributed by atoms with Gasteiger partial charge in [-0.15, -0.1) is 0 Å². The second kappa shape index (κ2) is 5.85. The zero-order valence-corrected chi connectivity index (χ0v) is 9.77. The molecular formula is C14H22. The van der Waals surface area contributed by atoms with E-state index in [1.165, 1.54) is 32.1 Å². The number of unbranched alkanes of at least 4 members (excludes halogenated alkanes) is 1. The van der Waals surface area contributed by atoms with Gasteiger partial charge in [0.1, 0.15) is 0 Å². The van der Waals surface area contributed by atoms with Crippen LogP contribution in [0.4, 0.5) is 0 Å². The highest BCUT2D eigenvalue weighted by Gasteiger charge is 2.04. The van der Waals surface area contributed by atoms with Crippen LogP contribution >= 0.6 is 0 Å². The highest BCUT2D eigenvalue weighted by molar-refractivity contribution is 5.35. The maximum Gasteiger partial charge on any atom is -0.0274 e. The molecular weight excluding hydrogens is 168 g/mol. The summed E-state index contributed by atoms with van der Waals surface area (Å²) in [7, 11) is 0. The SMILES string of the molecule is CCCCc1c(CC)cccc1CC. The molecule has 1 aromatic carbocycles. The van der Waals surface area contributed by atoms with E-state index in [4.69, 9.17) is 0 Å². The van der Waals surface area contributed by atoms with E-state index >= 15 is 0 Å². The van der Waals surface area contributed by atoms with Crippen molar-refractivity contribution in [3.8, 4) is 0 Å². The summed E-state index contributed by atoms with van der Waals surface area (Å²) in [6, 6.07) is 6.77. The second-order valence-electron chi connectivity index (χ2n) is 3.87. The van der Waals surface area contributed by atoms with Gasteiger partial charge in [0.25, 0.3) is 0 Å². The van der Waals surface area contributed by atoms with E-state index in [0.29, 0.717) is 0 Å². The smallest absolute Gasteiger partial charge is 0.0274 e. The molecule has 0 nitrogen and oxygen atoms in total. The van der Waals surface area contributed by atoms with Gasteiger partial charge >= 0.3 is 0 Å². The third kappa shape index (κ3) is 2.60. The van der Waals surface area contributed by atoms with Crippen LogP contribution in [-0.2, 0) is 19.3 Å². The van der Waals surface area contributed by atoms with Crippen LogP contribution in [-0.4, -0.2) is 0 Å². The maximum absolute atomic E-state index is 2.28. The first-order chi connectivity index (χ1) is 6.83. The molecule has 1 aromatic rings. The summed E-state index contributed by atoms with van der Waals surface area (Å²) in [5.74, 6) is 0. The Kier molecular flexibility index (Phi) is 4.72. The molecule has 0 aromatic heterocycles. The number of benzene rings is 1. The molecule has 0 unspecified atom stereocenters. The van der Waals surface area contributed by atoms with Gasteiger partial charge in [0.2, 0.25) is 0 Å². The Bertz CT molecular complexity index is 251. The first-order valence-corrected chi connectivity index (χ1v) is 5.93. The predicted molar refractivity (Wildman–Crippen MR) is 63.8 cm³/mol. The Balaban J connectivity index is 2.93. The van der Waals surface area contributed by atoms with E-state index < -0.39 is 0 Å². The van der Waals surface area contributed by atoms with Crippen LogP contribution in [0.3, 0.4) is 0 Å². The summed E-state index contributed by atoms with van der Waals surface area (Å²) >= 11 is 0. The lowest BCUT2D eigenvalue weighted by atomic mass is 9.94. The van der Waals surface area contributed by atoms with Crippen LogP contribution in [0.15, 0.2) is 18.2 Å². The Hall–Kier alpha value is -0.780. The maximum atomic E-state index is 2.28. The fraction of sp³-hybridized carbons (Fsp3) is 0.571. The first-order valence-electron chi connectivity index (χ1n) is 5.93. The normalized spacial score (nSPS) is 10.5. The van der Waals surface area contributed by atoms with E-state index in [2.05, 4.69) is 39.0 Å². The van der Waals surface area contributed by atoms with Gasteiger partial charge in [-0.3, -0.25) is 0 Å². The number of rotatable bonds is 5. The quantitative estimate of drug-likeness (QED) is 0.654. The van der Waals surface area contributed by atoms with Crippen molar-refractivity contribution in [2.45, 2.75) is 52.9 Å². The topological polar surface area (TPSA) is 0 Å². The lowest BCUT2D eigenvalue weighted by Crippen LogP contribution is -1.98. The predicted octanol–water partition coefficient (Wildman–Crippen LogP) is 4.15. The summed E-state index contributed by atoms with van der Waals surface area (Å²) in [6.45, 7) is 6.77. The second-order valence-corrected chi connectivity index (χ2v) is 3.87. The molecule has 0 radical (unpaired) electrons. The van der Waals surface area contributed by atoms with Crippen LogP contribution in [0.2, 0.25) is 0 Å². The highest BCUT2D eigenvalue weighted by atomic mass is 14.1. The third-order valence-corrected chi connectivity index (χ3v) is 2.91. The molecule has 0 N–H and O–H groups in total. The third-order valence-electron chi connectivity index (χ3n) is 2.91. The van der Waals surface area contributed by atoms with Gasteiger partial charge in [-0.05, 0) is 42.4 Å². The minimum Gasteiger partial charge on any atom is -0.0654 e. The molecule has 0 fully saturated rings. The van der Waals surface area contributed by atoms with Crippen LogP contribution in [0.1, 0.15) is 50.3 Å². The molecule has 0 saturated heterocycles. The zero-order valence-electron chi connectivity index (χ0n) is 9.77. The van der Waals surface area contributed by atoms with Crippen molar-refractivity contribution >= 4 is 0 Å². The van der Waals surface area contributed by atoms with Gasteiger partial charge in [0.15, 0.2) is 0 Å². The Morgan fingerprint density at radius 2 is 1.50 bits per heavy atom. The van der Waals surface area contributed by atoms with Crippen molar-refractivity contribution in [3.05, 3.63) is 34.9 Å². The fourth-order valence-corrected chi connectivity index (χ4v) is 2.02. The standard InChI is InChI=1S/C14H22/c1-4-7-11-14-12(5-2)9-8-10-13(14)6-3/h8-10H,4-7,11H2,1-3H3. The monoisotopic (exact) mass is 190 g/mol. The largest absolute Gasteiger partial charge is 0.0654 e. The van der Waals surface area contributed by atoms with Crippen molar-refractivity contribution in [1.82, 2.24) is 0 Å². The van der Waals surface area contributed by atoms with E-state index in [9.17, 15) is 0 Å². The lowest BCUT2D eigenvalue weighted by Gasteiger charge is -2.12. The summed E-state index contributed by atoms with van der Waals surface area (Å²) in [6.07, 6.45) is 6.23. The summed E-state index contributed by atoms with van der Waals surface area (Å²) in [5, 5.41) is 0. The van der Waals surface area contributed by atoms with Crippen LogP contribution in [0, 0.1) is 0 Å². The first kappa shape index (κ1) is 11.3. The molecule has 0 saturated carbocycles. The fourth-order valence-electron chi connectivity index (χ4n) is 2.02. The molecule has 0 spiro atoms. The van der Waals surface area contributed by atoms with E-state index in [-0.39, 0.29) is 0 Å². The minimum absolute atomic E-state index is 1.17. The van der Waals surface area contributed by atoms with Crippen molar-refractivity contribution in [1.29, 1.82) is 0 Å². The molecule has 1 rings (SSSR count). The molecule has 0 atom stereocenters. The van der Waals surface area contributed by atoms with E-state index in [1.807, 2.05) is 0 Å². The van der Waals surface area contributed by atoms with Gasteiger partial charge < -0.3 is 0 Å². The lowest BCUT2D eigenvalue weighted by molar-refractivity contribution is 0.778. The number of aryl methyl sites for hydroxylation is 2. The summed E-state index contributed by atoms with van der Waals surface area (Å²) in [4.78, 5) is 0. The summed E-state index contributed by atoms with van der Waals surface area (Å²) < 4.78 is 0. The number of hydrogen-bond donors (Lipinski definition) is 0. The van der Waals surface area contributed by atoms with E-state index in [0.717, 1.165) is 0 Å². The van der Waals surface area contributed by atoms with Crippen LogP contribution in [0.25, 0.3) is 0 Å². The summed E-state index contributed by atoms with van der Waals surface area (Å²) in [5.41, 5.74) is 4.73. The zero-order chi connectivity index (χ0) is 10.4. The van der Waals surface area contributed by atoms with Gasteiger partial charge in [-0.2, -0.15) is 0 Å². The average Bonchev–Trinajstić information content (AvgIpc) is 2.25. The van der Waals surface area contributed by atoms with Crippen molar-refractivity contribution in [2.24, 2.45) is 0 Å². The van der Waals surface area contributed by atoms with Gasteiger partial charge in [0, 0.05) is 0 Å². The Morgan fingerprint density at radius 3 is 1.93 bits per heavy atom. The molecule has 0 aliphatic heterocycles. The van der Waals surface area contributed by atoms with E-state index in [1.54, 1.807) is 16.7 Å². The molecule has 0 aliphatic rings.